The van der Waals surface area contributed by atoms with Gasteiger partial charge in [0.25, 0.3) is 0 Å². The van der Waals surface area contributed by atoms with Crippen LogP contribution in [0.5, 0.6) is 0 Å². The zero-order valence-electron chi connectivity index (χ0n) is 8.97. The van der Waals surface area contributed by atoms with Gasteiger partial charge in [-0.15, -0.1) is 0 Å². The molecule has 1 aromatic rings. The summed E-state index contributed by atoms with van der Waals surface area (Å²) in [6.07, 6.45) is 2.11. The topological polar surface area (TPSA) is 107 Å². The second kappa shape index (κ2) is 5.94. The van der Waals surface area contributed by atoms with Gasteiger partial charge in [-0.3, -0.25) is 5.10 Å². The van der Waals surface area contributed by atoms with E-state index in [-0.39, 0.29) is 11.4 Å². The first kappa shape index (κ1) is 13.1. The van der Waals surface area contributed by atoms with Gasteiger partial charge in [0.1, 0.15) is 4.90 Å². The smallest absolute Gasteiger partial charge is 0.243 e. The molecular weight excluding hydrogens is 232 g/mol. The van der Waals surface area contributed by atoms with Gasteiger partial charge in [0.15, 0.2) is 0 Å². The highest BCUT2D eigenvalue weighted by molar-refractivity contribution is 7.89. The third-order valence-electron chi connectivity index (χ3n) is 1.82. The number of aromatic amines is 1. The normalized spacial score (nSPS) is 13.9. The minimum atomic E-state index is -3.46. The molecule has 1 heterocycles. The molecule has 0 aliphatic carbocycles. The minimum Gasteiger partial charge on any atom is -0.392 e. The highest BCUT2D eigenvalue weighted by Crippen LogP contribution is 2.02. The molecule has 0 radical (unpaired) electrons. The molecule has 0 saturated heterocycles. The Balaban J connectivity index is 2.28. The van der Waals surface area contributed by atoms with Crippen LogP contribution < -0.4 is 10.0 Å². The summed E-state index contributed by atoms with van der Waals surface area (Å²) in [7, 11) is -3.46. The van der Waals surface area contributed by atoms with Gasteiger partial charge in [0, 0.05) is 25.8 Å². The Bertz CT molecular complexity index is 387. The number of H-pyrrole nitrogens is 1. The lowest BCUT2D eigenvalue weighted by Gasteiger charge is -2.07. The van der Waals surface area contributed by atoms with Crippen molar-refractivity contribution in [1.29, 1.82) is 0 Å². The van der Waals surface area contributed by atoms with E-state index < -0.39 is 16.1 Å². The lowest BCUT2D eigenvalue weighted by atomic mass is 10.4. The molecule has 0 aliphatic rings. The highest BCUT2D eigenvalue weighted by Gasteiger charge is 2.13. The minimum absolute atomic E-state index is 0.114. The number of aliphatic hydroxyl groups excluding tert-OH is 1. The van der Waals surface area contributed by atoms with Gasteiger partial charge in [-0.05, 0) is 6.92 Å². The molecule has 0 saturated carbocycles. The van der Waals surface area contributed by atoms with Crippen LogP contribution in [0, 0.1) is 0 Å². The van der Waals surface area contributed by atoms with Gasteiger partial charge < -0.3 is 10.4 Å². The third kappa shape index (κ3) is 4.27. The van der Waals surface area contributed by atoms with Crippen molar-refractivity contribution in [2.24, 2.45) is 0 Å². The second-order valence-corrected chi connectivity index (χ2v) is 5.15. The molecule has 16 heavy (non-hydrogen) atoms. The van der Waals surface area contributed by atoms with Gasteiger partial charge >= 0.3 is 0 Å². The van der Waals surface area contributed by atoms with Gasteiger partial charge in [-0.2, -0.15) is 5.10 Å². The van der Waals surface area contributed by atoms with Crippen molar-refractivity contribution in [2.75, 3.05) is 19.6 Å². The Hall–Kier alpha value is -0.960. The molecule has 1 rings (SSSR count). The SMILES string of the molecule is CC(O)CNCCNS(=O)(=O)c1cn[nH]c1. The fraction of sp³-hybridized carbons (Fsp3) is 0.625. The van der Waals surface area contributed by atoms with Gasteiger partial charge in [0.05, 0.1) is 12.3 Å². The fourth-order valence-corrected chi connectivity index (χ4v) is 1.99. The summed E-state index contributed by atoms with van der Waals surface area (Å²) in [5, 5.41) is 17.8. The summed E-state index contributed by atoms with van der Waals surface area (Å²) in [5.74, 6) is 0. The number of nitrogens with one attached hydrogen (secondary N) is 3. The van der Waals surface area contributed by atoms with Crippen LogP contribution in [0.3, 0.4) is 0 Å². The average molecular weight is 248 g/mol. The van der Waals surface area contributed by atoms with E-state index in [1.807, 2.05) is 0 Å². The largest absolute Gasteiger partial charge is 0.392 e. The van der Waals surface area contributed by atoms with E-state index in [1.54, 1.807) is 6.92 Å². The van der Waals surface area contributed by atoms with Crippen LogP contribution >= 0.6 is 0 Å². The number of aliphatic hydroxyl groups is 1. The molecule has 7 nitrogen and oxygen atoms in total. The summed E-state index contributed by atoms with van der Waals surface area (Å²) < 4.78 is 25.5. The van der Waals surface area contributed by atoms with E-state index in [1.165, 1.54) is 12.4 Å². The number of aromatic nitrogens is 2. The van der Waals surface area contributed by atoms with E-state index in [0.29, 0.717) is 13.1 Å². The molecule has 0 spiro atoms. The average Bonchev–Trinajstić information content (AvgIpc) is 2.69. The Morgan fingerprint density at radius 3 is 2.88 bits per heavy atom. The maximum absolute atomic E-state index is 11.5. The van der Waals surface area contributed by atoms with Gasteiger partial charge in [0.2, 0.25) is 10.0 Å². The molecule has 0 aliphatic heterocycles. The predicted octanol–water partition coefficient (Wildman–Crippen LogP) is -1.34. The van der Waals surface area contributed by atoms with E-state index >= 15 is 0 Å². The van der Waals surface area contributed by atoms with Crippen molar-refractivity contribution in [3.63, 3.8) is 0 Å². The second-order valence-electron chi connectivity index (χ2n) is 3.38. The van der Waals surface area contributed by atoms with Crippen LogP contribution in [0.1, 0.15) is 6.92 Å². The lowest BCUT2D eigenvalue weighted by Crippen LogP contribution is -2.34. The van der Waals surface area contributed by atoms with Crippen LogP contribution in [0.15, 0.2) is 17.3 Å². The van der Waals surface area contributed by atoms with Gasteiger partial charge in [-0.25, -0.2) is 13.1 Å². The number of rotatable bonds is 7. The maximum Gasteiger partial charge on any atom is 0.243 e. The zero-order chi connectivity index (χ0) is 12.0. The third-order valence-corrected chi connectivity index (χ3v) is 3.25. The number of sulfonamides is 1. The number of hydrogen-bond donors (Lipinski definition) is 4. The first-order valence-corrected chi connectivity index (χ1v) is 6.38. The Kier molecular flexibility index (Phi) is 4.87. The predicted molar refractivity (Wildman–Crippen MR) is 58.3 cm³/mol. The molecule has 0 aromatic carbocycles. The van der Waals surface area contributed by atoms with Crippen molar-refractivity contribution in [3.05, 3.63) is 12.4 Å². The quantitative estimate of drug-likeness (QED) is 0.447. The zero-order valence-corrected chi connectivity index (χ0v) is 9.79. The monoisotopic (exact) mass is 248 g/mol. The number of nitrogens with zero attached hydrogens (tertiary/aromatic N) is 1. The van der Waals surface area contributed by atoms with Crippen LogP contribution in [0.2, 0.25) is 0 Å². The van der Waals surface area contributed by atoms with E-state index in [9.17, 15) is 8.42 Å². The summed E-state index contributed by atoms with van der Waals surface area (Å²) in [4.78, 5) is 0.114. The summed E-state index contributed by atoms with van der Waals surface area (Å²) in [6.45, 7) is 2.82. The van der Waals surface area contributed by atoms with Crippen molar-refractivity contribution >= 4 is 10.0 Å². The molecule has 1 aromatic heterocycles. The Morgan fingerprint density at radius 1 is 1.56 bits per heavy atom. The van der Waals surface area contributed by atoms with Crippen LogP contribution in [-0.2, 0) is 10.0 Å². The van der Waals surface area contributed by atoms with Crippen molar-refractivity contribution in [1.82, 2.24) is 20.2 Å². The molecule has 1 unspecified atom stereocenters. The maximum atomic E-state index is 11.5. The van der Waals surface area contributed by atoms with Crippen molar-refractivity contribution in [3.8, 4) is 0 Å². The van der Waals surface area contributed by atoms with Crippen molar-refractivity contribution < 1.29 is 13.5 Å². The number of hydrogen-bond acceptors (Lipinski definition) is 5. The summed E-state index contributed by atoms with van der Waals surface area (Å²) >= 11 is 0. The molecule has 92 valence electrons. The van der Waals surface area contributed by atoms with E-state index in [4.69, 9.17) is 5.11 Å². The summed E-state index contributed by atoms with van der Waals surface area (Å²) in [5.41, 5.74) is 0. The summed E-state index contributed by atoms with van der Waals surface area (Å²) in [6, 6.07) is 0. The molecule has 8 heteroatoms. The Labute approximate surface area is 94.3 Å². The van der Waals surface area contributed by atoms with Crippen LogP contribution in [0.25, 0.3) is 0 Å². The molecule has 1 atom stereocenters. The van der Waals surface area contributed by atoms with E-state index in [2.05, 4.69) is 20.2 Å². The molecule has 0 bridgehead atoms. The van der Waals surface area contributed by atoms with E-state index in [0.717, 1.165) is 0 Å². The van der Waals surface area contributed by atoms with Crippen LogP contribution in [0.4, 0.5) is 0 Å². The highest BCUT2D eigenvalue weighted by atomic mass is 32.2. The van der Waals surface area contributed by atoms with Crippen LogP contribution in [-0.4, -0.2) is 49.5 Å². The molecular formula is C8H16N4O3S. The lowest BCUT2D eigenvalue weighted by molar-refractivity contribution is 0.192. The molecule has 4 N–H and O–H groups in total. The first-order valence-electron chi connectivity index (χ1n) is 4.89. The molecule has 0 fully saturated rings. The first-order chi connectivity index (χ1) is 7.52. The standard InChI is InChI=1S/C8H16N4O3S/c1-7(13)4-9-2-3-12-16(14,15)8-5-10-11-6-8/h5-7,9,12-13H,2-4H2,1H3,(H,10,11). The van der Waals surface area contributed by atoms with Gasteiger partial charge in [-0.1, -0.05) is 0 Å². The Morgan fingerprint density at radius 2 is 2.31 bits per heavy atom. The van der Waals surface area contributed by atoms with Crippen molar-refractivity contribution in [2.45, 2.75) is 17.9 Å². The fourth-order valence-electron chi connectivity index (χ4n) is 1.05. The molecule has 0 amide bonds.